The van der Waals surface area contributed by atoms with Crippen LogP contribution >= 0.6 is 0 Å². The molecule has 0 bridgehead atoms. The third kappa shape index (κ3) is 3.66. The highest BCUT2D eigenvalue weighted by Crippen LogP contribution is 2.33. The Kier molecular flexibility index (Phi) is 4.99. The number of carboxylic acid groups (broad SMARTS) is 1. The van der Waals surface area contributed by atoms with Crippen molar-refractivity contribution in [2.24, 2.45) is 0 Å². The first kappa shape index (κ1) is 12.7. The minimum absolute atomic E-state index is 0.367. The summed E-state index contributed by atoms with van der Waals surface area (Å²) in [7, 11) is 0. The number of rotatable bonds is 2. The van der Waals surface area contributed by atoms with Gasteiger partial charge in [-0.3, -0.25) is 4.79 Å². The largest absolute Gasteiger partial charge is 0.481 e. The molecule has 1 aliphatic rings. The highest BCUT2D eigenvalue weighted by Gasteiger charge is 2.21. The molecule has 0 aromatic heterocycles. The quantitative estimate of drug-likeness (QED) is 0.837. The van der Waals surface area contributed by atoms with Crippen LogP contribution in [0.3, 0.4) is 0 Å². The van der Waals surface area contributed by atoms with E-state index in [9.17, 15) is 0 Å². The molecule has 0 fully saturated rings. The average Bonchev–Trinajstić information content (AvgIpc) is 2.62. The van der Waals surface area contributed by atoms with Gasteiger partial charge in [0.15, 0.2) is 0 Å². The Morgan fingerprint density at radius 3 is 2.75 bits per heavy atom. The summed E-state index contributed by atoms with van der Waals surface area (Å²) in [5, 5.41) is 7.42. The van der Waals surface area contributed by atoms with Crippen LogP contribution in [0.25, 0.3) is 0 Å². The first-order chi connectivity index (χ1) is 7.65. The summed E-state index contributed by atoms with van der Waals surface area (Å²) >= 11 is 0. The summed E-state index contributed by atoms with van der Waals surface area (Å²) in [5.74, 6) is -0.833. The first-order valence-corrected chi connectivity index (χ1v) is 5.54. The molecule has 0 aliphatic heterocycles. The highest BCUT2D eigenvalue weighted by atomic mass is 16.5. The van der Waals surface area contributed by atoms with Gasteiger partial charge < -0.3 is 9.84 Å². The summed E-state index contributed by atoms with van der Waals surface area (Å²) in [6, 6.07) is 8.58. The Morgan fingerprint density at radius 2 is 2.12 bits per heavy atom. The molecule has 1 aromatic carbocycles. The van der Waals surface area contributed by atoms with E-state index < -0.39 is 5.97 Å². The van der Waals surface area contributed by atoms with Crippen LogP contribution in [0, 0.1) is 0 Å². The molecule has 0 saturated heterocycles. The second-order valence-corrected chi connectivity index (χ2v) is 3.70. The zero-order valence-electron chi connectivity index (χ0n) is 9.77. The van der Waals surface area contributed by atoms with Crippen LogP contribution in [-0.2, 0) is 16.0 Å². The lowest BCUT2D eigenvalue weighted by Crippen LogP contribution is -1.98. The zero-order chi connectivity index (χ0) is 12.0. The fourth-order valence-electron chi connectivity index (χ4n) is 1.89. The summed E-state index contributed by atoms with van der Waals surface area (Å²) in [5.41, 5.74) is 2.87. The molecule has 1 N–H and O–H groups in total. The number of carboxylic acids is 1. The van der Waals surface area contributed by atoms with E-state index in [0.717, 1.165) is 20.0 Å². The molecule has 3 heteroatoms. The van der Waals surface area contributed by atoms with Gasteiger partial charge in [0.05, 0.1) is 6.10 Å². The number of carbonyl (C=O) groups is 1. The Balaban J connectivity index is 0.000000280. The molecule has 0 amide bonds. The standard InChI is InChI=1S/C11H14O.C2H4O2/c1-2-12-11-8-7-9-5-3-4-6-10(9)11;1-2(3)4/h3-6,11H,2,7-8H2,1H3;1H3,(H,3,4). The van der Waals surface area contributed by atoms with Crippen LogP contribution in [-0.4, -0.2) is 17.7 Å². The van der Waals surface area contributed by atoms with Crippen LogP contribution in [0.1, 0.15) is 37.5 Å². The van der Waals surface area contributed by atoms with Crippen LogP contribution in [0.4, 0.5) is 0 Å². The minimum atomic E-state index is -0.833. The number of ether oxygens (including phenoxy) is 1. The summed E-state index contributed by atoms with van der Waals surface area (Å²) in [6.45, 7) is 3.96. The number of fused-ring (bicyclic) bond motifs is 1. The van der Waals surface area contributed by atoms with Crippen molar-refractivity contribution in [3.63, 3.8) is 0 Å². The summed E-state index contributed by atoms with van der Waals surface area (Å²) < 4.78 is 5.63. The number of aliphatic carboxylic acids is 1. The van der Waals surface area contributed by atoms with Crippen LogP contribution in [0.15, 0.2) is 24.3 Å². The molecule has 1 unspecified atom stereocenters. The molecular weight excluding hydrogens is 204 g/mol. The Bertz CT molecular complexity index is 341. The van der Waals surface area contributed by atoms with Gasteiger partial charge in [-0.05, 0) is 30.9 Å². The van der Waals surface area contributed by atoms with Gasteiger partial charge in [0.2, 0.25) is 0 Å². The Morgan fingerprint density at radius 1 is 1.50 bits per heavy atom. The van der Waals surface area contributed by atoms with Gasteiger partial charge in [0.1, 0.15) is 0 Å². The molecule has 1 aromatic rings. The second-order valence-electron chi connectivity index (χ2n) is 3.70. The molecule has 0 spiro atoms. The van der Waals surface area contributed by atoms with Gasteiger partial charge in [0, 0.05) is 13.5 Å². The van der Waals surface area contributed by atoms with Crippen LogP contribution in [0.2, 0.25) is 0 Å². The maximum Gasteiger partial charge on any atom is 0.300 e. The minimum Gasteiger partial charge on any atom is -0.481 e. The van der Waals surface area contributed by atoms with Gasteiger partial charge >= 0.3 is 0 Å². The number of hydrogen-bond donors (Lipinski definition) is 1. The molecule has 1 aliphatic carbocycles. The highest BCUT2D eigenvalue weighted by molar-refractivity contribution is 5.62. The zero-order valence-corrected chi connectivity index (χ0v) is 9.77. The topological polar surface area (TPSA) is 46.5 Å². The average molecular weight is 222 g/mol. The van der Waals surface area contributed by atoms with Crippen molar-refractivity contribution in [1.82, 2.24) is 0 Å². The SMILES string of the molecule is CC(=O)O.CCOC1CCc2ccccc21. The summed E-state index contributed by atoms with van der Waals surface area (Å²) in [6.07, 6.45) is 2.71. The number of benzene rings is 1. The predicted octanol–water partition coefficient (Wildman–Crippen LogP) is 2.80. The van der Waals surface area contributed by atoms with Gasteiger partial charge in [-0.15, -0.1) is 0 Å². The Labute approximate surface area is 96.1 Å². The monoisotopic (exact) mass is 222 g/mol. The van der Waals surface area contributed by atoms with Crippen molar-refractivity contribution >= 4 is 5.97 Å². The van der Waals surface area contributed by atoms with E-state index in [4.69, 9.17) is 14.6 Å². The summed E-state index contributed by atoms with van der Waals surface area (Å²) in [4.78, 5) is 9.00. The molecule has 16 heavy (non-hydrogen) atoms. The fourth-order valence-corrected chi connectivity index (χ4v) is 1.89. The van der Waals surface area contributed by atoms with Crippen molar-refractivity contribution in [2.75, 3.05) is 6.61 Å². The fraction of sp³-hybridized carbons (Fsp3) is 0.462. The second kappa shape index (κ2) is 6.28. The molecule has 88 valence electrons. The van der Waals surface area contributed by atoms with Crippen molar-refractivity contribution in [3.05, 3.63) is 35.4 Å². The van der Waals surface area contributed by atoms with E-state index in [0.29, 0.717) is 6.10 Å². The molecule has 0 heterocycles. The van der Waals surface area contributed by atoms with E-state index in [1.54, 1.807) is 0 Å². The first-order valence-electron chi connectivity index (χ1n) is 5.54. The van der Waals surface area contributed by atoms with Crippen molar-refractivity contribution in [3.8, 4) is 0 Å². The lowest BCUT2D eigenvalue weighted by Gasteiger charge is -2.10. The molecular formula is C13H18O3. The van der Waals surface area contributed by atoms with Crippen molar-refractivity contribution in [2.45, 2.75) is 32.8 Å². The smallest absolute Gasteiger partial charge is 0.300 e. The van der Waals surface area contributed by atoms with E-state index >= 15 is 0 Å². The van der Waals surface area contributed by atoms with Crippen LogP contribution in [0.5, 0.6) is 0 Å². The molecule has 2 rings (SSSR count). The maximum absolute atomic E-state index is 9.00. The van der Waals surface area contributed by atoms with E-state index in [1.165, 1.54) is 17.5 Å². The van der Waals surface area contributed by atoms with E-state index in [1.807, 2.05) is 0 Å². The van der Waals surface area contributed by atoms with Crippen molar-refractivity contribution in [1.29, 1.82) is 0 Å². The van der Waals surface area contributed by atoms with Gasteiger partial charge in [-0.25, -0.2) is 0 Å². The molecule has 3 nitrogen and oxygen atoms in total. The maximum atomic E-state index is 9.00. The van der Waals surface area contributed by atoms with E-state index in [-0.39, 0.29) is 0 Å². The van der Waals surface area contributed by atoms with Gasteiger partial charge in [-0.2, -0.15) is 0 Å². The predicted molar refractivity (Wildman–Crippen MR) is 62.4 cm³/mol. The van der Waals surface area contributed by atoms with Crippen molar-refractivity contribution < 1.29 is 14.6 Å². The lowest BCUT2D eigenvalue weighted by atomic mass is 10.1. The normalized spacial score (nSPS) is 17.2. The third-order valence-corrected chi connectivity index (χ3v) is 2.45. The van der Waals surface area contributed by atoms with E-state index in [2.05, 4.69) is 31.2 Å². The van der Waals surface area contributed by atoms with Gasteiger partial charge in [0.25, 0.3) is 5.97 Å². The number of hydrogen-bond acceptors (Lipinski definition) is 2. The lowest BCUT2D eigenvalue weighted by molar-refractivity contribution is -0.134. The molecule has 1 atom stereocenters. The third-order valence-electron chi connectivity index (χ3n) is 2.45. The molecule has 0 saturated carbocycles. The van der Waals surface area contributed by atoms with Crippen LogP contribution < -0.4 is 0 Å². The Hall–Kier alpha value is -1.35. The van der Waals surface area contributed by atoms with Gasteiger partial charge in [-0.1, -0.05) is 24.3 Å². The number of aryl methyl sites for hydroxylation is 1. The molecule has 0 radical (unpaired) electrons.